The Labute approximate surface area is 98.5 Å². The van der Waals surface area contributed by atoms with Gasteiger partial charge < -0.3 is 31.7 Å². The Kier molecular flexibility index (Phi) is 5.92. The number of hydrogen-bond acceptors (Lipinski definition) is 6. The summed E-state index contributed by atoms with van der Waals surface area (Å²) in [5.74, 6) is 0. The van der Waals surface area contributed by atoms with Gasteiger partial charge in [-0.05, 0) is 0 Å². The largest absolute Gasteiger partial charge is 1.00 e. The van der Waals surface area contributed by atoms with Crippen LogP contribution in [0.2, 0.25) is 0 Å². The minimum Gasteiger partial charge on any atom is -1.00 e. The Hall–Kier alpha value is 0.760. The van der Waals surface area contributed by atoms with Gasteiger partial charge in [-0.2, -0.15) is 0 Å². The summed E-state index contributed by atoms with van der Waals surface area (Å²) < 4.78 is 4.58. The van der Waals surface area contributed by atoms with Crippen molar-refractivity contribution in [3.05, 3.63) is 0 Å². The molecule has 1 rings (SSSR count). The van der Waals surface area contributed by atoms with Crippen molar-refractivity contribution in [1.82, 2.24) is 0 Å². The minimum atomic E-state index is -1.57. The van der Waals surface area contributed by atoms with Gasteiger partial charge in [-0.15, -0.1) is 0 Å². The van der Waals surface area contributed by atoms with Crippen LogP contribution in [-0.4, -0.2) is 62.8 Å². The van der Waals surface area contributed by atoms with Crippen molar-refractivity contribution in [3.63, 3.8) is 0 Å². The Bertz CT molecular complexity index is 157. The molecule has 74 valence electrons. The van der Waals surface area contributed by atoms with Crippen molar-refractivity contribution in [2.24, 2.45) is 0 Å². The summed E-state index contributed by atoms with van der Waals surface area (Å²) in [6.07, 6.45) is -7.04. The molecular weight excluding hydrogens is 191 g/mol. The van der Waals surface area contributed by atoms with Gasteiger partial charge in [-0.1, -0.05) is 0 Å². The third-order valence-corrected chi connectivity index (χ3v) is 1.87. The second-order valence-electron chi connectivity index (χ2n) is 2.72. The summed E-state index contributed by atoms with van der Waals surface area (Å²) in [6, 6.07) is 0. The van der Waals surface area contributed by atoms with E-state index in [1.54, 1.807) is 0 Å². The normalized spacial score (nSPS) is 45.5. The van der Waals surface area contributed by atoms with Crippen LogP contribution < -0.4 is 29.6 Å². The van der Waals surface area contributed by atoms with Gasteiger partial charge in [0.1, 0.15) is 24.4 Å². The predicted octanol–water partition coefficient (Wildman–Crippen LogP) is -6.10. The Morgan fingerprint density at radius 3 is 2.00 bits per heavy atom. The quantitative estimate of drug-likeness (QED) is 0.272. The zero-order valence-corrected chi connectivity index (χ0v) is 9.24. The fourth-order valence-electron chi connectivity index (χ4n) is 1.08. The zero-order chi connectivity index (χ0) is 9.30. The smallest absolute Gasteiger partial charge is 1.00 e. The van der Waals surface area contributed by atoms with E-state index in [0.717, 1.165) is 0 Å². The molecule has 7 heteroatoms. The number of aliphatic hydroxyl groups excluding tert-OH is 5. The Morgan fingerprint density at radius 2 is 1.54 bits per heavy atom. The summed E-state index contributed by atoms with van der Waals surface area (Å²) >= 11 is 0. The fraction of sp³-hybridized carbons (Fsp3) is 1.00. The van der Waals surface area contributed by atoms with E-state index in [9.17, 15) is 0 Å². The van der Waals surface area contributed by atoms with Crippen molar-refractivity contribution >= 4 is 0 Å². The van der Waals surface area contributed by atoms with E-state index in [-0.39, 0.29) is 31.0 Å². The molecule has 1 heterocycles. The van der Waals surface area contributed by atoms with Crippen LogP contribution in [0.4, 0.5) is 0 Å². The monoisotopic (exact) mass is 204 g/mol. The van der Waals surface area contributed by atoms with Crippen LogP contribution in [0.25, 0.3) is 0 Å². The Morgan fingerprint density at radius 1 is 1.00 bits per heavy atom. The molecule has 5 atom stereocenters. The van der Waals surface area contributed by atoms with Gasteiger partial charge in [0.05, 0.1) is 6.61 Å². The van der Waals surface area contributed by atoms with Gasteiger partial charge in [-0.3, -0.25) is 0 Å². The van der Waals surface area contributed by atoms with Crippen LogP contribution in [-0.2, 0) is 4.74 Å². The molecule has 0 radical (unpaired) electrons. The molecule has 0 unspecified atom stereocenters. The molecule has 0 bridgehead atoms. The van der Waals surface area contributed by atoms with Gasteiger partial charge in [0, 0.05) is 0 Å². The van der Waals surface area contributed by atoms with E-state index >= 15 is 0 Å². The van der Waals surface area contributed by atoms with E-state index in [1.165, 1.54) is 0 Å². The first-order valence-electron chi connectivity index (χ1n) is 3.56. The first-order chi connectivity index (χ1) is 5.57. The first kappa shape index (κ1) is 13.8. The maximum atomic E-state index is 9.12. The van der Waals surface area contributed by atoms with Crippen molar-refractivity contribution < 1.29 is 61.3 Å². The third-order valence-electron chi connectivity index (χ3n) is 1.87. The zero-order valence-electron chi connectivity index (χ0n) is 8.24. The molecule has 0 aromatic rings. The molecule has 0 aromatic heterocycles. The third kappa shape index (κ3) is 2.85. The predicted molar refractivity (Wildman–Crippen MR) is 37.1 cm³/mol. The molecule has 1 aliphatic heterocycles. The van der Waals surface area contributed by atoms with Crippen LogP contribution in [0, 0.1) is 0 Å². The molecule has 0 spiro atoms. The number of aliphatic hydroxyl groups is 5. The molecule has 0 aliphatic carbocycles. The van der Waals surface area contributed by atoms with Crippen molar-refractivity contribution in [2.45, 2.75) is 30.7 Å². The standard InChI is InChI=1S/C6H12O6.Na.H/c7-1-2-3(8)4(9)5(10)6(11)12-2;;/h2-11H,1H2;;/q;+1;-1/t2-,3-,4+,5+,6+;;/m1../s1. The molecule has 1 aliphatic rings. The van der Waals surface area contributed by atoms with Gasteiger partial charge in [0.2, 0.25) is 0 Å². The SMILES string of the molecule is OC[C@H]1O[C@H](O)[C@@H](O)[C@@H](O)[C@@H]1O.[H-].[Na+]. The topological polar surface area (TPSA) is 110 Å². The molecule has 0 aromatic carbocycles. The van der Waals surface area contributed by atoms with Crippen molar-refractivity contribution in [2.75, 3.05) is 6.61 Å². The van der Waals surface area contributed by atoms with Gasteiger partial charge in [0.15, 0.2) is 6.29 Å². The molecule has 0 amide bonds. The molecular formula is C6H13NaO6. The van der Waals surface area contributed by atoms with Gasteiger partial charge in [0.25, 0.3) is 0 Å². The number of ether oxygens (including phenoxy) is 1. The van der Waals surface area contributed by atoms with Gasteiger partial charge >= 0.3 is 29.6 Å². The second kappa shape index (κ2) is 5.59. The van der Waals surface area contributed by atoms with E-state index in [0.29, 0.717) is 0 Å². The molecule has 0 saturated carbocycles. The fourth-order valence-corrected chi connectivity index (χ4v) is 1.08. The molecule has 1 saturated heterocycles. The van der Waals surface area contributed by atoms with Crippen LogP contribution >= 0.6 is 0 Å². The molecule has 5 N–H and O–H groups in total. The maximum Gasteiger partial charge on any atom is 1.00 e. The maximum absolute atomic E-state index is 9.12. The van der Waals surface area contributed by atoms with Crippen LogP contribution in [0.1, 0.15) is 1.43 Å². The molecule has 6 nitrogen and oxygen atoms in total. The van der Waals surface area contributed by atoms with Crippen LogP contribution in [0.3, 0.4) is 0 Å². The molecule has 13 heavy (non-hydrogen) atoms. The van der Waals surface area contributed by atoms with E-state index < -0.39 is 37.3 Å². The number of rotatable bonds is 1. The van der Waals surface area contributed by atoms with Crippen LogP contribution in [0.5, 0.6) is 0 Å². The van der Waals surface area contributed by atoms with Crippen molar-refractivity contribution in [3.8, 4) is 0 Å². The van der Waals surface area contributed by atoms with Crippen molar-refractivity contribution in [1.29, 1.82) is 0 Å². The Balaban J connectivity index is 0. The summed E-state index contributed by atoms with van der Waals surface area (Å²) in [5.41, 5.74) is 0. The van der Waals surface area contributed by atoms with E-state index in [1.807, 2.05) is 0 Å². The summed E-state index contributed by atoms with van der Waals surface area (Å²) in [7, 11) is 0. The second-order valence-corrected chi connectivity index (χ2v) is 2.72. The summed E-state index contributed by atoms with van der Waals surface area (Å²) in [5, 5.41) is 44.7. The van der Waals surface area contributed by atoms with E-state index in [2.05, 4.69) is 4.74 Å². The average molecular weight is 204 g/mol. The first-order valence-corrected chi connectivity index (χ1v) is 3.56. The van der Waals surface area contributed by atoms with E-state index in [4.69, 9.17) is 25.5 Å². The number of hydrogen-bond donors (Lipinski definition) is 5. The molecule has 1 fully saturated rings. The minimum absolute atomic E-state index is 0. The average Bonchev–Trinajstić information content (AvgIpc) is 2.08. The van der Waals surface area contributed by atoms with Crippen LogP contribution in [0.15, 0.2) is 0 Å². The summed E-state index contributed by atoms with van der Waals surface area (Å²) in [6.45, 7) is -0.526. The summed E-state index contributed by atoms with van der Waals surface area (Å²) in [4.78, 5) is 0. The van der Waals surface area contributed by atoms with Gasteiger partial charge in [-0.25, -0.2) is 0 Å².